The summed E-state index contributed by atoms with van der Waals surface area (Å²) in [6, 6.07) is 8.26. The van der Waals surface area contributed by atoms with Gasteiger partial charge in [0, 0.05) is 12.2 Å². The number of hydrogen-bond donors (Lipinski definition) is 2. The Morgan fingerprint density at radius 1 is 1.03 bits per heavy atom. The number of anilines is 1. The molecule has 2 aliphatic rings. The molecule has 0 unspecified atom stereocenters. The quantitative estimate of drug-likeness (QED) is 0.484. The fraction of sp³-hybridized carbons (Fsp3) is 0.500. The molecule has 1 aromatic rings. The van der Waals surface area contributed by atoms with Gasteiger partial charge in [0.1, 0.15) is 0 Å². The minimum Gasteiger partial charge on any atom is -0.348 e. The third-order valence-electron chi connectivity index (χ3n) is 5.60. The Hall–Kier alpha value is -2.68. The molecule has 3 amide bonds. The number of carbonyl (C=O) groups excluding carboxylic acids is 3. The predicted molar refractivity (Wildman–Crippen MR) is 118 cm³/mol. The molecule has 1 fully saturated rings. The van der Waals surface area contributed by atoms with Crippen molar-refractivity contribution in [1.29, 1.82) is 0 Å². The molecule has 2 N–H and O–H groups in total. The van der Waals surface area contributed by atoms with Gasteiger partial charge in [-0.1, -0.05) is 29.8 Å². The maximum atomic E-state index is 12.9. The summed E-state index contributed by atoms with van der Waals surface area (Å²) in [5.74, 6) is -2.20. The van der Waals surface area contributed by atoms with Crippen LogP contribution in [0.2, 0.25) is 0 Å². The van der Waals surface area contributed by atoms with Crippen LogP contribution in [-0.2, 0) is 24.2 Å². The van der Waals surface area contributed by atoms with Crippen LogP contribution in [0.15, 0.2) is 42.0 Å². The van der Waals surface area contributed by atoms with Crippen LogP contribution >= 0.6 is 0 Å². The summed E-state index contributed by atoms with van der Waals surface area (Å²) in [5.41, 5.74) is 1.86. The maximum Gasteiger partial charge on any atom is 0.309 e. The molecule has 1 aliphatic carbocycles. The van der Waals surface area contributed by atoms with Crippen molar-refractivity contribution in [2.45, 2.75) is 44.6 Å². The number of para-hydroxylation sites is 1. The molecule has 1 heterocycles. The largest absolute Gasteiger partial charge is 0.348 e. The molecule has 0 spiro atoms. The minimum atomic E-state index is -3.20. The van der Waals surface area contributed by atoms with Crippen molar-refractivity contribution in [2.75, 3.05) is 29.5 Å². The van der Waals surface area contributed by atoms with E-state index in [2.05, 4.69) is 16.7 Å². The number of carbonyl (C=O) groups is 3. The molecule has 0 bridgehead atoms. The summed E-state index contributed by atoms with van der Waals surface area (Å²) in [7, 11) is -3.20. The van der Waals surface area contributed by atoms with Crippen molar-refractivity contribution in [1.82, 2.24) is 10.6 Å². The molecule has 9 heteroatoms. The maximum absolute atomic E-state index is 12.9. The van der Waals surface area contributed by atoms with E-state index in [0.717, 1.165) is 25.7 Å². The van der Waals surface area contributed by atoms with Crippen molar-refractivity contribution < 1.29 is 22.8 Å². The molecule has 0 aromatic heterocycles. The van der Waals surface area contributed by atoms with Crippen molar-refractivity contribution in [3.63, 3.8) is 0 Å². The van der Waals surface area contributed by atoms with Crippen LogP contribution in [0.25, 0.3) is 0 Å². The third kappa shape index (κ3) is 6.65. The Bertz CT molecular complexity index is 943. The predicted octanol–water partition coefficient (Wildman–Crippen LogP) is 1.33. The lowest BCUT2D eigenvalue weighted by atomic mass is 9.97. The number of benzene rings is 1. The molecule has 1 atom stereocenters. The molecule has 0 radical (unpaired) electrons. The molecule has 0 saturated carbocycles. The highest BCUT2D eigenvalue weighted by Gasteiger charge is 2.35. The number of sulfone groups is 1. The number of rotatable bonds is 7. The fourth-order valence-electron chi connectivity index (χ4n) is 4.00. The van der Waals surface area contributed by atoms with Crippen LogP contribution in [0.1, 0.15) is 38.5 Å². The number of allylic oxidation sites excluding steroid dienone is 1. The first-order valence-corrected chi connectivity index (χ1v) is 12.5. The van der Waals surface area contributed by atoms with Crippen molar-refractivity contribution in [3.05, 3.63) is 42.0 Å². The zero-order valence-electron chi connectivity index (χ0n) is 17.5. The number of amides is 3. The molecule has 1 aromatic carbocycles. The Morgan fingerprint density at radius 3 is 2.42 bits per heavy atom. The van der Waals surface area contributed by atoms with E-state index in [1.54, 1.807) is 30.3 Å². The van der Waals surface area contributed by atoms with E-state index in [9.17, 15) is 22.8 Å². The van der Waals surface area contributed by atoms with E-state index < -0.39 is 33.6 Å². The van der Waals surface area contributed by atoms with Gasteiger partial charge in [0.05, 0.1) is 24.1 Å². The van der Waals surface area contributed by atoms with Gasteiger partial charge in [0.15, 0.2) is 9.84 Å². The highest BCUT2D eigenvalue weighted by atomic mass is 32.2. The number of nitrogens with zero attached hydrogens (tertiary/aromatic N) is 1. The van der Waals surface area contributed by atoms with Gasteiger partial charge in [0.25, 0.3) is 0 Å². The summed E-state index contributed by atoms with van der Waals surface area (Å²) in [5, 5.41) is 4.94. The summed E-state index contributed by atoms with van der Waals surface area (Å²) in [6.45, 7) is -0.00897. The van der Waals surface area contributed by atoms with Crippen molar-refractivity contribution in [2.24, 2.45) is 0 Å². The normalized spacial score (nSPS) is 19.9. The second-order valence-corrected chi connectivity index (χ2v) is 10.2. The van der Waals surface area contributed by atoms with Crippen LogP contribution in [0, 0.1) is 0 Å². The molecule has 1 aliphatic heterocycles. The van der Waals surface area contributed by atoms with Gasteiger partial charge in [-0.05, 0) is 50.7 Å². The van der Waals surface area contributed by atoms with Gasteiger partial charge in [0.2, 0.25) is 5.91 Å². The molecule has 8 nitrogen and oxygen atoms in total. The molecule has 168 valence electrons. The van der Waals surface area contributed by atoms with E-state index in [-0.39, 0.29) is 18.1 Å². The van der Waals surface area contributed by atoms with Gasteiger partial charge in [-0.15, -0.1) is 0 Å². The average Bonchev–Trinajstić information content (AvgIpc) is 3.12. The first kappa shape index (κ1) is 23.0. The van der Waals surface area contributed by atoms with Crippen molar-refractivity contribution in [3.8, 4) is 0 Å². The van der Waals surface area contributed by atoms with E-state index in [0.29, 0.717) is 18.7 Å². The van der Waals surface area contributed by atoms with Gasteiger partial charge < -0.3 is 15.5 Å². The first-order valence-electron chi connectivity index (χ1n) is 10.7. The molecule has 31 heavy (non-hydrogen) atoms. The van der Waals surface area contributed by atoms with Crippen molar-refractivity contribution >= 4 is 33.2 Å². The molecule has 3 rings (SSSR count). The first-order chi connectivity index (χ1) is 14.9. The van der Waals surface area contributed by atoms with E-state index >= 15 is 0 Å². The molecular weight excluding hydrogens is 418 g/mol. The number of hydrogen-bond acceptors (Lipinski definition) is 5. The van der Waals surface area contributed by atoms with Gasteiger partial charge >= 0.3 is 11.8 Å². The third-order valence-corrected chi connectivity index (χ3v) is 7.35. The Balaban J connectivity index is 1.53. The lowest BCUT2D eigenvalue weighted by Gasteiger charge is -2.28. The van der Waals surface area contributed by atoms with Crippen LogP contribution < -0.4 is 15.5 Å². The zero-order chi connectivity index (χ0) is 22.3. The summed E-state index contributed by atoms with van der Waals surface area (Å²) >= 11 is 0. The standard InChI is InChI=1S/C22H29N3O5S/c26-20(15-24-22(28)21(27)23-13-11-17-7-3-1-4-8-17)25(18-9-5-2-6-10-18)19-12-14-31(29,30)16-19/h2,5-7,9-10,19H,1,3-4,8,11-16H2,(H,23,27)(H,24,28)/t19-/m1/s1. The molecule has 1 saturated heterocycles. The van der Waals surface area contributed by atoms with Gasteiger partial charge in [-0.3, -0.25) is 14.4 Å². The lowest BCUT2D eigenvalue weighted by molar-refractivity contribution is -0.139. The SMILES string of the molecule is O=C(NCCC1=CCCCC1)C(=O)NCC(=O)N(c1ccccc1)[C@@H]1CCS(=O)(=O)C1. The lowest BCUT2D eigenvalue weighted by Crippen LogP contribution is -2.49. The van der Waals surface area contributed by atoms with Crippen LogP contribution in [0.4, 0.5) is 5.69 Å². The highest BCUT2D eigenvalue weighted by Crippen LogP contribution is 2.24. The van der Waals surface area contributed by atoms with Crippen LogP contribution in [0.5, 0.6) is 0 Å². The second kappa shape index (κ2) is 10.6. The number of nitrogens with one attached hydrogen (secondary N) is 2. The van der Waals surface area contributed by atoms with Crippen LogP contribution in [0.3, 0.4) is 0 Å². The van der Waals surface area contributed by atoms with E-state index in [1.807, 2.05) is 0 Å². The van der Waals surface area contributed by atoms with E-state index in [1.165, 1.54) is 16.9 Å². The molecular formula is C22H29N3O5S. The fourth-order valence-corrected chi connectivity index (χ4v) is 5.70. The Kier molecular flexibility index (Phi) is 7.84. The van der Waals surface area contributed by atoms with Gasteiger partial charge in [-0.2, -0.15) is 0 Å². The topological polar surface area (TPSA) is 113 Å². The van der Waals surface area contributed by atoms with Crippen LogP contribution in [-0.4, -0.2) is 56.8 Å². The summed E-state index contributed by atoms with van der Waals surface area (Å²) in [6.07, 6.45) is 7.69. The average molecular weight is 448 g/mol. The Morgan fingerprint density at radius 2 is 1.77 bits per heavy atom. The zero-order valence-corrected chi connectivity index (χ0v) is 18.3. The summed E-state index contributed by atoms with van der Waals surface area (Å²) in [4.78, 5) is 38.4. The summed E-state index contributed by atoms with van der Waals surface area (Å²) < 4.78 is 23.8. The van der Waals surface area contributed by atoms with E-state index in [4.69, 9.17) is 0 Å². The highest BCUT2D eigenvalue weighted by molar-refractivity contribution is 7.91. The monoisotopic (exact) mass is 447 g/mol. The second-order valence-electron chi connectivity index (χ2n) is 7.95. The smallest absolute Gasteiger partial charge is 0.309 e. The van der Waals surface area contributed by atoms with Gasteiger partial charge in [-0.25, -0.2) is 8.42 Å². The minimum absolute atomic E-state index is 0.0273. The Labute approximate surface area is 183 Å².